The monoisotopic (exact) mass is 314 g/mol. The number of halogens is 3. The molecule has 110 valence electrons. The van der Waals surface area contributed by atoms with Crippen molar-refractivity contribution < 1.29 is 39.1 Å². The van der Waals surface area contributed by atoms with Gasteiger partial charge in [-0.2, -0.15) is 30.0 Å². The van der Waals surface area contributed by atoms with Gasteiger partial charge in [-0.3, -0.25) is 9.11 Å². The third-order valence-electron chi connectivity index (χ3n) is 2.58. The molecule has 1 fully saturated rings. The van der Waals surface area contributed by atoms with E-state index in [4.69, 9.17) is 17.5 Å². The molecule has 0 spiro atoms. The average Bonchev–Trinajstić information content (AvgIpc) is 2.49. The molecule has 18 heavy (non-hydrogen) atoms. The molecule has 0 aromatic heterocycles. The molecule has 0 amide bonds. The van der Waals surface area contributed by atoms with Gasteiger partial charge in [-0.15, -0.1) is 0 Å². The van der Waals surface area contributed by atoms with Gasteiger partial charge in [0, 0.05) is 0 Å². The third kappa shape index (κ3) is 4.71. The average molecular weight is 314 g/mol. The molecule has 1 rings (SSSR count). The normalized spacial score (nSPS) is 20.1. The number of alkyl halides is 3. The van der Waals surface area contributed by atoms with Gasteiger partial charge >= 0.3 is 15.6 Å². The maximum atomic E-state index is 10.7. The van der Waals surface area contributed by atoms with Crippen LogP contribution in [0, 0.1) is 0 Å². The van der Waals surface area contributed by atoms with Crippen LogP contribution in [0.3, 0.4) is 0 Å². The van der Waals surface area contributed by atoms with Crippen LogP contribution in [0.1, 0.15) is 32.6 Å². The molecule has 0 unspecified atom stereocenters. The highest BCUT2D eigenvalue weighted by Crippen LogP contribution is 2.35. The summed E-state index contributed by atoms with van der Waals surface area (Å²) in [6, 6.07) is 0. The van der Waals surface area contributed by atoms with Crippen LogP contribution in [0.15, 0.2) is 0 Å². The summed E-state index contributed by atoms with van der Waals surface area (Å²) in [7, 11) is -9.64. The van der Waals surface area contributed by atoms with Crippen molar-refractivity contribution in [2.45, 2.75) is 42.9 Å². The van der Waals surface area contributed by atoms with Crippen molar-refractivity contribution in [1.29, 1.82) is 0 Å². The highest BCUT2D eigenvalue weighted by Gasteiger charge is 2.44. The molecule has 1 saturated carbocycles. The van der Waals surface area contributed by atoms with E-state index in [0.29, 0.717) is 12.8 Å². The largest absolute Gasteiger partial charge is 0.522 e. The van der Waals surface area contributed by atoms with Crippen LogP contribution < -0.4 is 0 Å². The molecule has 0 aliphatic heterocycles. The smallest absolute Gasteiger partial charge is 0.285 e. The van der Waals surface area contributed by atoms with E-state index in [1.165, 1.54) is 0 Å². The molecule has 0 radical (unpaired) electrons. The van der Waals surface area contributed by atoms with Crippen molar-refractivity contribution in [1.82, 2.24) is 0 Å². The number of hydrogen-bond donors (Lipinski definition) is 2. The maximum Gasteiger partial charge on any atom is 0.522 e. The molecule has 0 aromatic carbocycles. The summed E-state index contributed by atoms with van der Waals surface area (Å²) in [5.41, 5.74) is -5.53. The van der Waals surface area contributed by atoms with E-state index in [9.17, 15) is 21.6 Å². The molecule has 6 nitrogen and oxygen atoms in total. The van der Waals surface area contributed by atoms with E-state index in [1.54, 1.807) is 6.92 Å². The Hall–Kier alpha value is -0.390. The SMILES string of the molecule is CC1(S(=O)(=O)O)CCCC1.O=S(=O)(O)C(F)(F)F. The Bertz CT molecular complexity index is 472. The summed E-state index contributed by atoms with van der Waals surface area (Å²) < 4.78 is 86.9. The van der Waals surface area contributed by atoms with Crippen LogP contribution in [0.5, 0.6) is 0 Å². The molecule has 0 bridgehead atoms. The molecule has 1 aliphatic rings. The van der Waals surface area contributed by atoms with Crippen molar-refractivity contribution in [3.8, 4) is 0 Å². The molecule has 11 heteroatoms. The predicted octanol–water partition coefficient (Wildman–Crippen LogP) is 1.60. The molecule has 0 atom stereocenters. The van der Waals surface area contributed by atoms with Crippen molar-refractivity contribution in [2.24, 2.45) is 0 Å². The topological polar surface area (TPSA) is 109 Å². The standard InChI is InChI=1S/C6H12O3S.CHF3O3S/c1-6(10(7,8)9)4-2-3-5-6;2-1(3,4)8(5,6)7/h2-5H2,1H3,(H,7,8,9);(H,5,6,7). The van der Waals surface area contributed by atoms with Gasteiger partial charge in [-0.05, 0) is 19.8 Å². The number of hydrogen-bond acceptors (Lipinski definition) is 4. The van der Waals surface area contributed by atoms with Crippen LogP contribution in [0.4, 0.5) is 13.2 Å². The minimum Gasteiger partial charge on any atom is -0.285 e. The summed E-state index contributed by atoms with van der Waals surface area (Å²) in [5, 5.41) is 0. The van der Waals surface area contributed by atoms with Gasteiger partial charge in [0.15, 0.2) is 0 Å². The third-order valence-corrected chi connectivity index (χ3v) is 4.82. The minimum atomic E-state index is -5.84. The fraction of sp³-hybridized carbons (Fsp3) is 1.00. The second-order valence-electron chi connectivity index (χ2n) is 4.05. The highest BCUT2D eigenvalue weighted by molar-refractivity contribution is 7.87. The molecular formula is C7H13F3O6S2. The van der Waals surface area contributed by atoms with Crippen LogP contribution in [0.25, 0.3) is 0 Å². The Labute approximate surface area is 103 Å². The van der Waals surface area contributed by atoms with E-state index in [0.717, 1.165) is 12.8 Å². The van der Waals surface area contributed by atoms with Gasteiger partial charge in [-0.1, -0.05) is 12.8 Å². The first kappa shape index (κ1) is 17.6. The lowest BCUT2D eigenvalue weighted by molar-refractivity contribution is -0.0510. The second kappa shape index (κ2) is 5.31. The van der Waals surface area contributed by atoms with Crippen LogP contribution in [0.2, 0.25) is 0 Å². The van der Waals surface area contributed by atoms with E-state index in [2.05, 4.69) is 0 Å². The highest BCUT2D eigenvalue weighted by atomic mass is 32.2. The van der Waals surface area contributed by atoms with Crippen LogP contribution >= 0.6 is 0 Å². The maximum absolute atomic E-state index is 10.7. The van der Waals surface area contributed by atoms with Crippen molar-refractivity contribution in [2.75, 3.05) is 0 Å². The Kier molecular flexibility index (Phi) is 5.19. The Morgan fingerprint density at radius 3 is 1.39 bits per heavy atom. The molecule has 2 N–H and O–H groups in total. The summed E-state index contributed by atoms with van der Waals surface area (Å²) in [4.78, 5) is 0. The lowest BCUT2D eigenvalue weighted by Gasteiger charge is -2.18. The van der Waals surface area contributed by atoms with Gasteiger partial charge in [0.05, 0.1) is 4.75 Å². The first-order chi connectivity index (χ1) is 7.71. The quantitative estimate of drug-likeness (QED) is 0.562. The second-order valence-corrected chi connectivity index (χ2v) is 7.40. The fourth-order valence-electron chi connectivity index (χ4n) is 1.38. The molecule has 0 aromatic rings. The van der Waals surface area contributed by atoms with Gasteiger partial charge in [0.1, 0.15) is 0 Å². The van der Waals surface area contributed by atoms with E-state index < -0.39 is 30.5 Å². The zero-order valence-electron chi connectivity index (χ0n) is 9.31. The lowest BCUT2D eigenvalue weighted by atomic mass is 10.1. The molecular weight excluding hydrogens is 301 g/mol. The molecule has 0 saturated heterocycles. The summed E-state index contributed by atoms with van der Waals surface area (Å²) in [5.74, 6) is 0. The first-order valence-corrected chi connectivity index (χ1v) is 7.59. The van der Waals surface area contributed by atoms with E-state index in [1.807, 2.05) is 0 Å². The molecule has 0 heterocycles. The Morgan fingerprint density at radius 2 is 1.28 bits per heavy atom. The Morgan fingerprint density at radius 1 is 1.00 bits per heavy atom. The zero-order chi connectivity index (χ0) is 14.8. The van der Waals surface area contributed by atoms with Gasteiger partial charge < -0.3 is 0 Å². The first-order valence-electron chi connectivity index (χ1n) is 4.71. The van der Waals surface area contributed by atoms with Crippen LogP contribution in [-0.2, 0) is 20.2 Å². The minimum absolute atomic E-state index is 0.603. The van der Waals surface area contributed by atoms with Gasteiger partial charge in [-0.25, -0.2) is 0 Å². The fourth-order valence-corrected chi connectivity index (χ4v) is 2.19. The van der Waals surface area contributed by atoms with E-state index in [-0.39, 0.29) is 0 Å². The van der Waals surface area contributed by atoms with Crippen molar-refractivity contribution >= 4 is 20.2 Å². The number of rotatable bonds is 1. The molecule has 1 aliphatic carbocycles. The van der Waals surface area contributed by atoms with Crippen molar-refractivity contribution in [3.05, 3.63) is 0 Å². The summed E-state index contributed by atoms with van der Waals surface area (Å²) in [6.07, 6.45) is 3.03. The van der Waals surface area contributed by atoms with Gasteiger partial charge in [0.25, 0.3) is 10.1 Å². The predicted molar refractivity (Wildman–Crippen MR) is 56.0 cm³/mol. The van der Waals surface area contributed by atoms with Crippen molar-refractivity contribution in [3.63, 3.8) is 0 Å². The zero-order valence-corrected chi connectivity index (χ0v) is 10.9. The summed E-state index contributed by atoms with van der Waals surface area (Å²) in [6.45, 7) is 1.61. The Balaban J connectivity index is 0.000000331. The lowest BCUT2D eigenvalue weighted by Crippen LogP contribution is -2.31. The van der Waals surface area contributed by atoms with Gasteiger partial charge in [0.2, 0.25) is 0 Å². The van der Waals surface area contributed by atoms with Crippen LogP contribution in [-0.4, -0.2) is 36.2 Å². The van der Waals surface area contributed by atoms with E-state index >= 15 is 0 Å². The summed E-state index contributed by atoms with van der Waals surface area (Å²) >= 11 is 0.